The van der Waals surface area contributed by atoms with Crippen LogP contribution in [-0.2, 0) is 5.54 Å². The summed E-state index contributed by atoms with van der Waals surface area (Å²) < 4.78 is 40.4. The van der Waals surface area contributed by atoms with E-state index in [4.69, 9.17) is 20.2 Å². The molecule has 6 rings (SSSR count). The average Bonchev–Trinajstić information content (AvgIpc) is 2.94. The van der Waals surface area contributed by atoms with Crippen LogP contribution in [0.4, 0.5) is 14.5 Å². The number of hydrogen-bond acceptors (Lipinski definition) is 9. The number of aromatic nitrogens is 3. The molecule has 3 N–H and O–H groups in total. The number of amidine groups is 1. The molecule has 1 amide bonds. The number of thioether (sulfide) groups is 1. The summed E-state index contributed by atoms with van der Waals surface area (Å²) >= 11 is 1.39. The molecule has 39 heavy (non-hydrogen) atoms. The molecule has 0 saturated heterocycles. The lowest BCUT2D eigenvalue weighted by Gasteiger charge is -2.39. The maximum Gasteiger partial charge on any atom is 0.274 e. The molecule has 3 aromatic heterocycles. The molecule has 12 heteroatoms. The Kier molecular flexibility index (Phi) is 6.10. The second-order valence-electron chi connectivity index (χ2n) is 8.83. The third kappa shape index (κ3) is 4.42. The lowest BCUT2D eigenvalue weighted by Crippen LogP contribution is -2.36. The standard InChI is InChI=1S/C27H20F2N6O3S/c1-37-17-3-4-20(32-13-17)25(36)33-16-2-5-22-18(9-16)27(6-7-39-26(30)35-27)19-10-21(34-24(29)23(19)38-22)14-8-15(28)12-31-11-14/h2-5,8-13H,6-7H2,1H3,(H2,30,35)(H,33,36)/t27-/m0/s1. The topological polar surface area (TPSA) is 125 Å². The SMILES string of the molecule is COc1ccc(C(=O)Nc2ccc3c(c2)[C@@]2(CCSC(N)=N2)c2cc(-c4cncc(F)c4)nc(F)c2O3)nc1. The van der Waals surface area contributed by atoms with E-state index in [1.807, 2.05) is 0 Å². The highest BCUT2D eigenvalue weighted by Crippen LogP contribution is 2.54. The normalized spacial score (nSPS) is 17.5. The zero-order chi connectivity index (χ0) is 27.1. The lowest BCUT2D eigenvalue weighted by molar-refractivity contribution is 0.102. The van der Waals surface area contributed by atoms with E-state index in [0.29, 0.717) is 51.2 Å². The maximum atomic E-state index is 15.4. The van der Waals surface area contributed by atoms with Crippen LogP contribution in [0.15, 0.2) is 66.0 Å². The van der Waals surface area contributed by atoms with Crippen LogP contribution in [-0.4, -0.2) is 38.9 Å². The number of rotatable bonds is 4. The number of halogens is 2. The molecule has 1 aromatic carbocycles. The molecule has 1 spiro atoms. The highest BCUT2D eigenvalue weighted by molar-refractivity contribution is 8.13. The first-order chi connectivity index (χ1) is 18.9. The maximum absolute atomic E-state index is 15.4. The van der Waals surface area contributed by atoms with Gasteiger partial charge in [-0.05, 0) is 48.9 Å². The van der Waals surface area contributed by atoms with Gasteiger partial charge in [-0.1, -0.05) is 11.8 Å². The number of ether oxygens (including phenoxy) is 2. The number of nitrogens with zero attached hydrogens (tertiary/aromatic N) is 4. The number of amides is 1. The van der Waals surface area contributed by atoms with Gasteiger partial charge in [-0.15, -0.1) is 0 Å². The molecule has 0 saturated carbocycles. The van der Waals surface area contributed by atoms with E-state index in [1.165, 1.54) is 37.3 Å². The van der Waals surface area contributed by atoms with Gasteiger partial charge in [-0.25, -0.2) is 19.4 Å². The minimum absolute atomic E-state index is 0.0849. The van der Waals surface area contributed by atoms with Crippen LogP contribution in [0.2, 0.25) is 0 Å². The van der Waals surface area contributed by atoms with Gasteiger partial charge >= 0.3 is 0 Å². The summed E-state index contributed by atoms with van der Waals surface area (Å²) in [6.07, 6.45) is 4.37. The van der Waals surface area contributed by atoms with Gasteiger partial charge in [0.2, 0.25) is 0 Å². The fourth-order valence-corrected chi connectivity index (χ4v) is 5.51. The van der Waals surface area contributed by atoms with Crippen molar-refractivity contribution < 1.29 is 23.0 Å². The van der Waals surface area contributed by atoms with Gasteiger partial charge in [-0.2, -0.15) is 4.39 Å². The first-order valence-electron chi connectivity index (χ1n) is 11.8. The summed E-state index contributed by atoms with van der Waals surface area (Å²) in [4.78, 5) is 29.7. The van der Waals surface area contributed by atoms with Gasteiger partial charge in [0.1, 0.15) is 28.5 Å². The third-order valence-electron chi connectivity index (χ3n) is 6.49. The number of anilines is 1. The fraction of sp³-hybridized carbons (Fsp3) is 0.148. The fourth-order valence-electron chi connectivity index (χ4n) is 4.68. The van der Waals surface area contributed by atoms with Crippen LogP contribution in [0.1, 0.15) is 28.0 Å². The van der Waals surface area contributed by atoms with Crippen LogP contribution < -0.4 is 20.5 Å². The van der Waals surface area contributed by atoms with Gasteiger partial charge in [0.05, 0.1) is 25.2 Å². The van der Waals surface area contributed by atoms with Gasteiger partial charge < -0.3 is 20.5 Å². The quantitative estimate of drug-likeness (QED) is 0.347. The lowest BCUT2D eigenvalue weighted by atomic mass is 9.78. The molecule has 2 aliphatic rings. The number of methoxy groups -OCH3 is 1. The molecule has 9 nitrogen and oxygen atoms in total. The first-order valence-corrected chi connectivity index (χ1v) is 12.8. The van der Waals surface area contributed by atoms with Gasteiger partial charge in [-0.3, -0.25) is 9.78 Å². The van der Waals surface area contributed by atoms with E-state index in [-0.39, 0.29) is 17.1 Å². The molecular formula is C27H20F2N6O3S. The van der Waals surface area contributed by atoms with Crippen molar-refractivity contribution >= 4 is 28.5 Å². The van der Waals surface area contributed by atoms with Gasteiger partial charge in [0.25, 0.3) is 11.9 Å². The van der Waals surface area contributed by atoms with Crippen LogP contribution >= 0.6 is 11.8 Å². The monoisotopic (exact) mass is 546 g/mol. The van der Waals surface area contributed by atoms with Crippen molar-refractivity contribution in [2.75, 3.05) is 18.2 Å². The van der Waals surface area contributed by atoms with Gasteiger partial charge in [0, 0.05) is 34.3 Å². The number of pyridine rings is 3. The van der Waals surface area contributed by atoms with E-state index in [2.05, 4.69) is 20.3 Å². The molecular weight excluding hydrogens is 526 g/mol. The highest BCUT2D eigenvalue weighted by atomic mass is 32.2. The number of hydrogen-bond donors (Lipinski definition) is 2. The Morgan fingerprint density at radius 1 is 1.13 bits per heavy atom. The molecule has 5 heterocycles. The van der Waals surface area contributed by atoms with E-state index in [1.54, 1.807) is 36.4 Å². The summed E-state index contributed by atoms with van der Waals surface area (Å²) in [7, 11) is 1.51. The molecule has 0 aliphatic carbocycles. The van der Waals surface area contributed by atoms with Crippen molar-refractivity contribution in [2.24, 2.45) is 10.7 Å². The Bertz CT molecular complexity index is 1650. The Morgan fingerprint density at radius 2 is 2.00 bits per heavy atom. The second-order valence-corrected chi connectivity index (χ2v) is 9.94. The molecule has 0 unspecified atom stereocenters. The molecule has 0 radical (unpaired) electrons. The molecule has 4 aromatic rings. The molecule has 1 atom stereocenters. The van der Waals surface area contributed by atoms with E-state index < -0.39 is 23.2 Å². The minimum atomic E-state index is -1.13. The number of fused-ring (bicyclic) bond motifs is 4. The Morgan fingerprint density at radius 3 is 2.74 bits per heavy atom. The summed E-state index contributed by atoms with van der Waals surface area (Å²) in [6.45, 7) is 0. The molecule has 0 fully saturated rings. The molecule has 2 aliphatic heterocycles. The zero-order valence-electron chi connectivity index (χ0n) is 20.4. The predicted molar refractivity (Wildman–Crippen MR) is 142 cm³/mol. The Balaban J connectivity index is 1.45. The van der Waals surface area contributed by atoms with Crippen molar-refractivity contribution in [2.45, 2.75) is 12.0 Å². The van der Waals surface area contributed by atoms with Gasteiger partial charge in [0.15, 0.2) is 10.9 Å². The van der Waals surface area contributed by atoms with E-state index in [9.17, 15) is 9.18 Å². The van der Waals surface area contributed by atoms with E-state index >= 15 is 4.39 Å². The highest BCUT2D eigenvalue weighted by Gasteiger charge is 2.46. The van der Waals surface area contributed by atoms with Crippen molar-refractivity contribution in [3.8, 4) is 28.5 Å². The largest absolute Gasteiger partial charge is 0.495 e. The first kappa shape index (κ1) is 24.7. The summed E-state index contributed by atoms with van der Waals surface area (Å²) in [6, 6.07) is 11.0. The molecule has 0 bridgehead atoms. The number of nitrogens with two attached hydrogens (primary N) is 1. The van der Waals surface area contributed by atoms with Crippen LogP contribution in [0.5, 0.6) is 17.2 Å². The second kappa shape index (κ2) is 9.62. The average molecular weight is 547 g/mol. The van der Waals surface area contributed by atoms with Crippen LogP contribution in [0, 0.1) is 11.8 Å². The summed E-state index contributed by atoms with van der Waals surface area (Å²) in [5, 5.41) is 3.16. The minimum Gasteiger partial charge on any atom is -0.495 e. The predicted octanol–water partition coefficient (Wildman–Crippen LogP) is 4.88. The molecule has 196 valence electrons. The van der Waals surface area contributed by atoms with Crippen molar-refractivity contribution in [1.29, 1.82) is 0 Å². The van der Waals surface area contributed by atoms with Crippen LogP contribution in [0.3, 0.4) is 0 Å². The van der Waals surface area contributed by atoms with E-state index in [0.717, 1.165) is 6.20 Å². The summed E-state index contributed by atoms with van der Waals surface area (Å²) in [5.74, 6) is -0.480. The Labute approximate surface area is 225 Å². The third-order valence-corrected chi connectivity index (χ3v) is 7.29. The number of benzene rings is 1. The number of aliphatic imine (C=N–C) groups is 1. The summed E-state index contributed by atoms with van der Waals surface area (Å²) in [5.41, 5.74) is 7.18. The smallest absolute Gasteiger partial charge is 0.274 e. The zero-order valence-corrected chi connectivity index (χ0v) is 21.3. The van der Waals surface area contributed by atoms with Crippen LogP contribution in [0.25, 0.3) is 11.3 Å². The Hall–Kier alpha value is -4.58. The van der Waals surface area contributed by atoms with Crippen molar-refractivity contribution in [1.82, 2.24) is 15.0 Å². The van der Waals surface area contributed by atoms with Crippen molar-refractivity contribution in [3.63, 3.8) is 0 Å². The number of carbonyl (C=O) groups is 1. The number of carbonyl (C=O) groups excluding carboxylic acids is 1. The van der Waals surface area contributed by atoms with Crippen molar-refractivity contribution in [3.05, 3.63) is 89.6 Å². The number of nitrogens with one attached hydrogen (secondary N) is 1.